The highest BCUT2D eigenvalue weighted by molar-refractivity contribution is 5.73. The smallest absolute Gasteiger partial charge is 0.317 e. The minimum absolute atomic E-state index is 0.0627. The molecule has 1 heterocycles. The Balaban J connectivity index is 1.45. The topological polar surface area (TPSA) is 44.8 Å². The van der Waals surface area contributed by atoms with Crippen LogP contribution in [-0.2, 0) is 29.8 Å². The molecule has 0 radical (unpaired) electrons. The van der Waals surface area contributed by atoms with Gasteiger partial charge in [0, 0.05) is 39.8 Å². The van der Waals surface area contributed by atoms with Gasteiger partial charge in [-0.25, -0.2) is 4.79 Å². The molecule has 1 N–H and O–H groups in total. The first-order valence-electron chi connectivity index (χ1n) is 10.8. The van der Waals surface area contributed by atoms with Gasteiger partial charge in [0.15, 0.2) is 0 Å². The molecule has 2 aromatic carbocycles. The molecule has 1 aliphatic rings. The predicted molar refractivity (Wildman–Crippen MR) is 121 cm³/mol. The number of rotatable bonds is 6. The summed E-state index contributed by atoms with van der Waals surface area (Å²) in [5.74, 6) is 0. The fraction of sp³-hybridized carbons (Fsp3) is 0.480. The fourth-order valence-corrected chi connectivity index (χ4v) is 3.55. The van der Waals surface area contributed by atoms with Gasteiger partial charge in [-0.1, -0.05) is 69.3 Å². The molecule has 5 nitrogen and oxygen atoms in total. The van der Waals surface area contributed by atoms with E-state index in [1.54, 1.807) is 4.90 Å². The molecule has 1 aliphatic heterocycles. The Morgan fingerprint density at radius 1 is 0.967 bits per heavy atom. The highest BCUT2D eigenvalue weighted by Gasteiger charge is 2.14. The minimum Gasteiger partial charge on any atom is -0.379 e. The summed E-state index contributed by atoms with van der Waals surface area (Å²) in [5.41, 5.74) is 4.97. The summed E-state index contributed by atoms with van der Waals surface area (Å²) in [6.45, 7) is 12.3. The first-order valence-corrected chi connectivity index (χ1v) is 10.8. The summed E-state index contributed by atoms with van der Waals surface area (Å²) < 4.78 is 5.40. The molecule has 1 fully saturated rings. The molecule has 30 heavy (non-hydrogen) atoms. The molecule has 2 amide bonds. The lowest BCUT2D eigenvalue weighted by Crippen LogP contribution is -2.36. The van der Waals surface area contributed by atoms with Crippen LogP contribution in [0.1, 0.15) is 43.0 Å². The molecule has 0 aliphatic carbocycles. The molecule has 0 aromatic heterocycles. The highest BCUT2D eigenvalue weighted by atomic mass is 16.5. The van der Waals surface area contributed by atoms with E-state index >= 15 is 0 Å². The Hall–Kier alpha value is -2.37. The maximum Gasteiger partial charge on any atom is 0.317 e. The molecule has 5 heteroatoms. The van der Waals surface area contributed by atoms with Gasteiger partial charge in [0.2, 0.25) is 0 Å². The van der Waals surface area contributed by atoms with E-state index in [2.05, 4.69) is 79.5 Å². The number of urea groups is 1. The molecular weight excluding hydrogens is 374 g/mol. The van der Waals surface area contributed by atoms with E-state index in [4.69, 9.17) is 4.74 Å². The van der Waals surface area contributed by atoms with Crippen molar-refractivity contribution in [1.29, 1.82) is 0 Å². The zero-order valence-corrected chi connectivity index (χ0v) is 18.8. The zero-order valence-electron chi connectivity index (χ0n) is 18.8. The molecule has 3 rings (SSSR count). The Kier molecular flexibility index (Phi) is 7.51. The first-order chi connectivity index (χ1) is 14.3. The number of hydrogen-bond donors (Lipinski definition) is 1. The summed E-state index contributed by atoms with van der Waals surface area (Å²) in [5, 5.41) is 3.02. The SMILES string of the molecule is CN(Cc1ccc(C(C)(C)C)cc1)C(=O)NCc1ccc(CN2CCOCC2)cc1. The highest BCUT2D eigenvalue weighted by Crippen LogP contribution is 2.22. The second-order valence-corrected chi connectivity index (χ2v) is 9.17. The average Bonchev–Trinajstić information content (AvgIpc) is 2.73. The van der Waals surface area contributed by atoms with Crippen LogP contribution in [0.25, 0.3) is 0 Å². The Morgan fingerprint density at radius 3 is 2.13 bits per heavy atom. The largest absolute Gasteiger partial charge is 0.379 e. The van der Waals surface area contributed by atoms with Crippen LogP contribution in [0.2, 0.25) is 0 Å². The van der Waals surface area contributed by atoms with Crippen LogP contribution in [0.5, 0.6) is 0 Å². The van der Waals surface area contributed by atoms with Crippen molar-refractivity contribution in [2.24, 2.45) is 0 Å². The molecule has 1 saturated heterocycles. The van der Waals surface area contributed by atoms with Crippen LogP contribution in [0.15, 0.2) is 48.5 Å². The van der Waals surface area contributed by atoms with Gasteiger partial charge in [-0.2, -0.15) is 0 Å². The summed E-state index contributed by atoms with van der Waals surface area (Å²) >= 11 is 0. The normalized spacial score (nSPS) is 15.1. The molecular formula is C25H35N3O2. The third-order valence-electron chi connectivity index (χ3n) is 5.56. The van der Waals surface area contributed by atoms with Crippen molar-refractivity contribution in [3.05, 3.63) is 70.8 Å². The minimum atomic E-state index is -0.0627. The van der Waals surface area contributed by atoms with Gasteiger partial charge in [-0.15, -0.1) is 0 Å². The van der Waals surface area contributed by atoms with E-state index in [0.717, 1.165) is 44.0 Å². The van der Waals surface area contributed by atoms with E-state index in [9.17, 15) is 4.79 Å². The number of nitrogens with one attached hydrogen (secondary N) is 1. The number of carbonyl (C=O) groups is 1. The van der Waals surface area contributed by atoms with Crippen LogP contribution in [0.3, 0.4) is 0 Å². The molecule has 0 unspecified atom stereocenters. The molecule has 0 bridgehead atoms. The van der Waals surface area contributed by atoms with Gasteiger partial charge in [0.05, 0.1) is 13.2 Å². The lowest BCUT2D eigenvalue weighted by atomic mass is 9.87. The van der Waals surface area contributed by atoms with Crippen molar-refractivity contribution in [2.45, 2.75) is 45.8 Å². The summed E-state index contributed by atoms with van der Waals surface area (Å²) in [6.07, 6.45) is 0. The zero-order chi connectivity index (χ0) is 21.6. The van der Waals surface area contributed by atoms with Crippen LogP contribution in [0.4, 0.5) is 4.79 Å². The Bertz CT molecular complexity index is 804. The maximum absolute atomic E-state index is 12.5. The van der Waals surface area contributed by atoms with E-state index in [1.165, 1.54) is 11.1 Å². The lowest BCUT2D eigenvalue weighted by molar-refractivity contribution is 0.0342. The predicted octanol–water partition coefficient (Wildman–Crippen LogP) is 4.16. The van der Waals surface area contributed by atoms with E-state index in [-0.39, 0.29) is 11.4 Å². The number of morpholine rings is 1. The number of amides is 2. The van der Waals surface area contributed by atoms with Crippen molar-refractivity contribution >= 4 is 6.03 Å². The Labute approximate surface area is 181 Å². The van der Waals surface area contributed by atoms with Gasteiger partial charge in [0.1, 0.15) is 0 Å². The third-order valence-corrected chi connectivity index (χ3v) is 5.56. The summed E-state index contributed by atoms with van der Waals surface area (Å²) in [6, 6.07) is 17.0. The molecule has 162 valence electrons. The third kappa shape index (κ3) is 6.57. The average molecular weight is 410 g/mol. The molecule has 0 saturated carbocycles. The van der Waals surface area contributed by atoms with Crippen LogP contribution in [-0.4, -0.2) is 49.2 Å². The quantitative estimate of drug-likeness (QED) is 0.779. The van der Waals surface area contributed by atoms with Gasteiger partial charge < -0.3 is 15.0 Å². The first kappa shape index (κ1) is 22.3. The van der Waals surface area contributed by atoms with Crippen molar-refractivity contribution < 1.29 is 9.53 Å². The van der Waals surface area contributed by atoms with Gasteiger partial charge in [-0.3, -0.25) is 4.90 Å². The molecule has 0 spiro atoms. The second kappa shape index (κ2) is 10.1. The second-order valence-electron chi connectivity index (χ2n) is 9.17. The van der Waals surface area contributed by atoms with E-state index < -0.39 is 0 Å². The monoisotopic (exact) mass is 409 g/mol. The number of carbonyl (C=O) groups excluding carboxylic acids is 1. The van der Waals surface area contributed by atoms with Crippen molar-refractivity contribution in [2.75, 3.05) is 33.4 Å². The number of hydrogen-bond acceptors (Lipinski definition) is 3. The standard InChI is InChI=1S/C25H35N3O2/c1-25(2,3)23-11-9-21(10-12-23)18-27(4)24(29)26-17-20-5-7-22(8-6-20)19-28-13-15-30-16-14-28/h5-12H,13-19H2,1-4H3,(H,26,29). The van der Waals surface area contributed by atoms with E-state index in [0.29, 0.717) is 13.1 Å². The number of nitrogens with zero attached hydrogens (tertiary/aromatic N) is 2. The number of benzene rings is 2. The van der Waals surface area contributed by atoms with Crippen molar-refractivity contribution in [3.63, 3.8) is 0 Å². The van der Waals surface area contributed by atoms with Crippen molar-refractivity contribution in [3.8, 4) is 0 Å². The van der Waals surface area contributed by atoms with Crippen LogP contribution < -0.4 is 5.32 Å². The van der Waals surface area contributed by atoms with Gasteiger partial charge >= 0.3 is 6.03 Å². The van der Waals surface area contributed by atoms with Crippen LogP contribution in [0, 0.1) is 0 Å². The molecule has 2 aromatic rings. The Morgan fingerprint density at radius 2 is 1.53 bits per heavy atom. The van der Waals surface area contributed by atoms with Crippen molar-refractivity contribution in [1.82, 2.24) is 15.1 Å². The maximum atomic E-state index is 12.5. The summed E-state index contributed by atoms with van der Waals surface area (Å²) in [7, 11) is 1.83. The number of ether oxygens (including phenoxy) is 1. The fourth-order valence-electron chi connectivity index (χ4n) is 3.55. The van der Waals surface area contributed by atoms with E-state index in [1.807, 2.05) is 7.05 Å². The molecule has 0 atom stereocenters. The van der Waals surface area contributed by atoms with Gasteiger partial charge in [-0.05, 0) is 27.7 Å². The van der Waals surface area contributed by atoms with Crippen LogP contribution >= 0.6 is 0 Å². The lowest BCUT2D eigenvalue weighted by Gasteiger charge is -2.26. The van der Waals surface area contributed by atoms with Gasteiger partial charge in [0.25, 0.3) is 0 Å². The summed E-state index contributed by atoms with van der Waals surface area (Å²) in [4.78, 5) is 16.6.